The van der Waals surface area contributed by atoms with Gasteiger partial charge in [-0.15, -0.1) is 0 Å². The highest BCUT2D eigenvalue weighted by atomic mass is 16.5. The summed E-state index contributed by atoms with van der Waals surface area (Å²) >= 11 is 0. The van der Waals surface area contributed by atoms with E-state index in [1.54, 1.807) is 7.11 Å². The average Bonchev–Trinajstić information content (AvgIpc) is 2.47. The second-order valence-electron chi connectivity index (χ2n) is 5.62. The van der Waals surface area contributed by atoms with Crippen LogP contribution in [0.2, 0.25) is 0 Å². The molecule has 1 saturated heterocycles. The quantitative estimate of drug-likeness (QED) is 0.890. The molecule has 1 heterocycles. The summed E-state index contributed by atoms with van der Waals surface area (Å²) in [6, 6.07) is 8.75. The third-order valence-electron chi connectivity index (χ3n) is 4.23. The number of likely N-dealkylation sites (N-methyl/N-ethyl adjacent to an activating group) is 1. The number of ether oxygens (including phenoxy) is 1. The Balaban J connectivity index is 1.92. The summed E-state index contributed by atoms with van der Waals surface area (Å²) in [4.78, 5) is 4.99. The lowest BCUT2D eigenvalue weighted by Gasteiger charge is -2.40. The lowest BCUT2D eigenvalue weighted by molar-refractivity contribution is 0.0841. The van der Waals surface area contributed by atoms with Crippen molar-refractivity contribution in [3.63, 3.8) is 0 Å². The van der Waals surface area contributed by atoms with Gasteiger partial charge in [-0.2, -0.15) is 0 Å². The fraction of sp³-hybridized carbons (Fsp3) is 0.625. The van der Waals surface area contributed by atoms with Gasteiger partial charge >= 0.3 is 0 Å². The van der Waals surface area contributed by atoms with Crippen LogP contribution in [0, 0.1) is 0 Å². The van der Waals surface area contributed by atoms with Crippen molar-refractivity contribution in [3.05, 3.63) is 29.8 Å². The van der Waals surface area contributed by atoms with Crippen molar-refractivity contribution in [2.75, 3.05) is 39.8 Å². The van der Waals surface area contributed by atoms with Crippen molar-refractivity contribution < 1.29 is 4.74 Å². The normalized spacial score (nSPS) is 22.7. The maximum Gasteiger partial charge on any atom is 0.119 e. The summed E-state index contributed by atoms with van der Waals surface area (Å²) in [7, 11) is 1.69. The molecular formula is C16H27N3O. The molecule has 0 bridgehead atoms. The first kappa shape index (κ1) is 15.3. The highest BCUT2D eigenvalue weighted by Crippen LogP contribution is 2.19. The Morgan fingerprint density at radius 2 is 2.20 bits per heavy atom. The van der Waals surface area contributed by atoms with Crippen LogP contribution in [0.5, 0.6) is 5.75 Å². The fourth-order valence-corrected chi connectivity index (χ4v) is 2.96. The summed E-state index contributed by atoms with van der Waals surface area (Å²) in [5, 5.41) is 0. The minimum Gasteiger partial charge on any atom is -0.497 e. The smallest absolute Gasteiger partial charge is 0.119 e. The predicted octanol–water partition coefficient (Wildman–Crippen LogP) is 1.72. The number of hydrogen-bond acceptors (Lipinski definition) is 4. The van der Waals surface area contributed by atoms with E-state index in [0.29, 0.717) is 6.04 Å². The van der Waals surface area contributed by atoms with Crippen LogP contribution < -0.4 is 10.5 Å². The topological polar surface area (TPSA) is 41.7 Å². The third-order valence-corrected chi connectivity index (χ3v) is 4.23. The van der Waals surface area contributed by atoms with E-state index in [4.69, 9.17) is 10.5 Å². The lowest BCUT2D eigenvalue weighted by Crippen LogP contribution is -2.52. The molecule has 2 N–H and O–H groups in total. The van der Waals surface area contributed by atoms with Crippen LogP contribution in [-0.2, 0) is 0 Å². The Bertz CT molecular complexity index is 424. The average molecular weight is 277 g/mol. The van der Waals surface area contributed by atoms with Crippen molar-refractivity contribution in [3.8, 4) is 5.75 Å². The molecule has 112 valence electrons. The number of piperazine rings is 1. The highest BCUT2D eigenvalue weighted by molar-refractivity contribution is 5.30. The molecule has 0 spiro atoms. The van der Waals surface area contributed by atoms with Crippen LogP contribution in [-0.4, -0.2) is 55.7 Å². The molecule has 0 amide bonds. The largest absolute Gasteiger partial charge is 0.497 e. The Kier molecular flexibility index (Phi) is 5.40. The molecule has 2 unspecified atom stereocenters. The Morgan fingerprint density at radius 3 is 2.85 bits per heavy atom. The molecule has 0 aliphatic carbocycles. The van der Waals surface area contributed by atoms with E-state index < -0.39 is 0 Å². The van der Waals surface area contributed by atoms with E-state index in [0.717, 1.165) is 44.0 Å². The second-order valence-corrected chi connectivity index (χ2v) is 5.62. The van der Waals surface area contributed by atoms with Crippen LogP contribution in [0.4, 0.5) is 0 Å². The molecule has 0 saturated carbocycles. The zero-order valence-corrected chi connectivity index (χ0v) is 12.9. The molecule has 2 atom stereocenters. The molecule has 4 nitrogen and oxygen atoms in total. The Labute approximate surface area is 122 Å². The van der Waals surface area contributed by atoms with Gasteiger partial charge in [0.1, 0.15) is 5.75 Å². The molecular weight excluding hydrogens is 250 g/mol. The van der Waals surface area contributed by atoms with Crippen molar-refractivity contribution in [1.82, 2.24) is 9.80 Å². The van der Waals surface area contributed by atoms with Gasteiger partial charge in [0.15, 0.2) is 0 Å². The van der Waals surface area contributed by atoms with Crippen LogP contribution in [0.15, 0.2) is 24.3 Å². The minimum absolute atomic E-state index is 0.0467. The molecule has 1 aromatic carbocycles. The zero-order valence-electron chi connectivity index (χ0n) is 12.9. The molecule has 2 rings (SSSR count). The van der Waals surface area contributed by atoms with Gasteiger partial charge in [0.05, 0.1) is 7.11 Å². The second kappa shape index (κ2) is 7.07. The summed E-state index contributed by atoms with van der Waals surface area (Å²) in [5.41, 5.74) is 7.50. The van der Waals surface area contributed by atoms with Crippen LogP contribution >= 0.6 is 0 Å². The van der Waals surface area contributed by atoms with Gasteiger partial charge < -0.3 is 10.5 Å². The molecule has 0 aromatic heterocycles. The first-order valence-electron chi connectivity index (χ1n) is 7.50. The first-order valence-corrected chi connectivity index (χ1v) is 7.50. The summed E-state index contributed by atoms with van der Waals surface area (Å²) in [6.45, 7) is 9.93. The highest BCUT2D eigenvalue weighted by Gasteiger charge is 2.23. The van der Waals surface area contributed by atoms with Crippen molar-refractivity contribution in [2.24, 2.45) is 5.73 Å². The molecule has 4 heteroatoms. The summed E-state index contributed by atoms with van der Waals surface area (Å²) < 4.78 is 5.26. The van der Waals surface area contributed by atoms with E-state index in [-0.39, 0.29) is 6.04 Å². The Hall–Kier alpha value is -1.10. The standard InChI is InChI=1S/C16H27N3O/c1-4-19-9-8-18(11-13(19)2)12-16(17)14-6-5-7-15(10-14)20-3/h5-7,10,13,16H,4,8-9,11-12,17H2,1-3H3. The maximum atomic E-state index is 6.35. The molecule has 20 heavy (non-hydrogen) atoms. The maximum absolute atomic E-state index is 6.35. The van der Waals surface area contributed by atoms with E-state index >= 15 is 0 Å². The number of nitrogens with zero attached hydrogens (tertiary/aromatic N) is 2. The van der Waals surface area contributed by atoms with Gasteiger partial charge in [0, 0.05) is 38.3 Å². The Morgan fingerprint density at radius 1 is 1.40 bits per heavy atom. The van der Waals surface area contributed by atoms with Crippen molar-refractivity contribution in [1.29, 1.82) is 0 Å². The lowest BCUT2D eigenvalue weighted by atomic mass is 10.1. The van der Waals surface area contributed by atoms with Crippen molar-refractivity contribution in [2.45, 2.75) is 25.9 Å². The SMILES string of the molecule is CCN1CCN(CC(N)c2cccc(OC)c2)CC1C. The monoisotopic (exact) mass is 277 g/mol. The van der Waals surface area contributed by atoms with Gasteiger partial charge in [-0.3, -0.25) is 9.80 Å². The van der Waals surface area contributed by atoms with Gasteiger partial charge in [0.2, 0.25) is 0 Å². The number of benzene rings is 1. The van der Waals surface area contributed by atoms with Crippen LogP contribution in [0.25, 0.3) is 0 Å². The molecule has 1 fully saturated rings. The van der Waals surface area contributed by atoms with E-state index in [2.05, 4.69) is 29.7 Å². The molecule has 1 aromatic rings. The van der Waals surface area contributed by atoms with Crippen LogP contribution in [0.1, 0.15) is 25.5 Å². The van der Waals surface area contributed by atoms with Gasteiger partial charge in [-0.05, 0) is 31.2 Å². The van der Waals surface area contributed by atoms with Crippen molar-refractivity contribution >= 4 is 0 Å². The van der Waals surface area contributed by atoms with Gasteiger partial charge in [-0.1, -0.05) is 19.1 Å². The van der Waals surface area contributed by atoms with E-state index in [1.165, 1.54) is 0 Å². The molecule has 1 aliphatic rings. The number of rotatable bonds is 5. The zero-order chi connectivity index (χ0) is 14.5. The summed E-state index contributed by atoms with van der Waals surface area (Å²) in [5.74, 6) is 0.877. The first-order chi connectivity index (χ1) is 9.63. The van der Waals surface area contributed by atoms with E-state index in [9.17, 15) is 0 Å². The predicted molar refractivity (Wildman–Crippen MR) is 83.1 cm³/mol. The minimum atomic E-state index is 0.0467. The molecule has 1 aliphatic heterocycles. The van der Waals surface area contributed by atoms with E-state index in [1.807, 2.05) is 18.2 Å². The molecule has 0 radical (unpaired) electrons. The third kappa shape index (κ3) is 3.72. The number of nitrogens with two attached hydrogens (primary N) is 1. The number of methoxy groups -OCH3 is 1. The summed E-state index contributed by atoms with van der Waals surface area (Å²) in [6.07, 6.45) is 0. The van der Waals surface area contributed by atoms with Gasteiger partial charge in [0.25, 0.3) is 0 Å². The van der Waals surface area contributed by atoms with Gasteiger partial charge in [-0.25, -0.2) is 0 Å². The number of hydrogen-bond donors (Lipinski definition) is 1. The fourth-order valence-electron chi connectivity index (χ4n) is 2.96. The van der Waals surface area contributed by atoms with Crippen LogP contribution in [0.3, 0.4) is 0 Å².